The quantitative estimate of drug-likeness (QED) is 0.279. The summed E-state index contributed by atoms with van der Waals surface area (Å²) in [7, 11) is -3.78. The summed E-state index contributed by atoms with van der Waals surface area (Å²) in [5.74, 6) is -1.92. The summed E-state index contributed by atoms with van der Waals surface area (Å²) in [6.07, 6.45) is -0.909. The molecule has 6 rings (SSSR count). The molecule has 10 heteroatoms. The summed E-state index contributed by atoms with van der Waals surface area (Å²) in [5.41, 5.74) is 3.97. The molecular formula is C31H24BrFN2O5S. The number of aliphatic carboxylic acids is 1. The molecule has 0 spiro atoms. The van der Waals surface area contributed by atoms with Crippen molar-refractivity contribution < 1.29 is 27.5 Å². The van der Waals surface area contributed by atoms with E-state index in [9.17, 15) is 23.1 Å². The molecule has 41 heavy (non-hydrogen) atoms. The lowest BCUT2D eigenvalue weighted by Gasteiger charge is -2.29. The zero-order valence-electron chi connectivity index (χ0n) is 21.6. The summed E-state index contributed by atoms with van der Waals surface area (Å²) < 4.78 is 43.8. The number of fused-ring (bicyclic) bond motifs is 4. The number of rotatable bonds is 6. The molecular weight excluding hydrogens is 611 g/mol. The number of benzene rings is 4. The second-order valence-electron chi connectivity index (χ2n) is 10.0. The van der Waals surface area contributed by atoms with E-state index in [-0.39, 0.29) is 23.5 Å². The van der Waals surface area contributed by atoms with Crippen LogP contribution in [0, 0.1) is 0 Å². The molecule has 0 aromatic heterocycles. The Kier molecular flexibility index (Phi) is 7.01. The van der Waals surface area contributed by atoms with Gasteiger partial charge in [0.2, 0.25) is 10.0 Å². The average Bonchev–Trinajstić information content (AvgIpc) is 3.27. The molecule has 4 aromatic carbocycles. The van der Waals surface area contributed by atoms with Crippen LogP contribution in [0.2, 0.25) is 0 Å². The Labute approximate surface area is 244 Å². The first-order valence-corrected chi connectivity index (χ1v) is 15.2. The minimum Gasteiger partial charge on any atom is -0.479 e. The van der Waals surface area contributed by atoms with Crippen LogP contribution in [-0.4, -0.2) is 36.3 Å². The van der Waals surface area contributed by atoms with Crippen molar-refractivity contribution in [2.75, 3.05) is 6.54 Å². The van der Waals surface area contributed by atoms with Crippen molar-refractivity contribution in [2.45, 2.75) is 30.1 Å². The monoisotopic (exact) mass is 634 g/mol. The van der Waals surface area contributed by atoms with Crippen LogP contribution in [0.5, 0.6) is 0 Å². The zero-order chi connectivity index (χ0) is 28.9. The van der Waals surface area contributed by atoms with Crippen LogP contribution in [0.25, 0.3) is 11.1 Å². The topological polar surface area (TPSA) is 104 Å². The molecule has 208 valence electrons. The summed E-state index contributed by atoms with van der Waals surface area (Å²) in [6.45, 7) is 0.357. The molecule has 4 aromatic rings. The van der Waals surface area contributed by atoms with Gasteiger partial charge in [-0.2, -0.15) is 4.31 Å². The first-order chi connectivity index (χ1) is 19.6. The third-order valence-electron chi connectivity index (χ3n) is 7.61. The van der Waals surface area contributed by atoms with Crippen molar-refractivity contribution in [1.82, 2.24) is 9.62 Å². The lowest BCUT2D eigenvalue weighted by atomic mass is 9.95. The third kappa shape index (κ3) is 4.86. The number of alkyl halides is 1. The van der Waals surface area contributed by atoms with Gasteiger partial charge in [-0.1, -0.05) is 76.6 Å². The molecule has 0 saturated heterocycles. The van der Waals surface area contributed by atoms with Gasteiger partial charge >= 0.3 is 5.97 Å². The van der Waals surface area contributed by atoms with Gasteiger partial charge in [-0.15, -0.1) is 0 Å². The number of hydrogen-bond acceptors (Lipinski definition) is 4. The summed E-state index contributed by atoms with van der Waals surface area (Å²) in [6, 6.07) is 21.8. The van der Waals surface area contributed by atoms with Gasteiger partial charge in [-0.05, 0) is 64.1 Å². The molecule has 1 aliphatic carbocycles. The number of sulfonamides is 1. The van der Waals surface area contributed by atoms with Crippen molar-refractivity contribution in [3.05, 3.63) is 123 Å². The number of amides is 1. The van der Waals surface area contributed by atoms with Gasteiger partial charge in [0.25, 0.3) is 5.91 Å². The first kappa shape index (κ1) is 27.3. The number of carboxylic acids is 1. The normalized spacial score (nSPS) is 16.8. The number of carbonyl (C=O) groups is 2. The predicted molar refractivity (Wildman–Crippen MR) is 155 cm³/mol. The first-order valence-electron chi connectivity index (χ1n) is 12.9. The van der Waals surface area contributed by atoms with Crippen molar-refractivity contribution in [1.29, 1.82) is 0 Å². The Hall–Kier alpha value is -3.86. The van der Waals surface area contributed by atoms with Crippen LogP contribution < -0.4 is 5.32 Å². The smallest absolute Gasteiger partial charge is 0.330 e. The molecule has 0 fully saturated rings. The number of hydrogen-bond donors (Lipinski definition) is 2. The highest BCUT2D eigenvalue weighted by molar-refractivity contribution is 9.10. The Balaban J connectivity index is 1.29. The summed E-state index contributed by atoms with van der Waals surface area (Å²) in [5, 5.41) is 12.7. The minimum absolute atomic E-state index is 0.0686. The molecule has 2 unspecified atom stereocenters. The van der Waals surface area contributed by atoms with E-state index in [0.29, 0.717) is 44.3 Å². The fraction of sp³-hybridized carbons (Fsp3) is 0.161. The maximum absolute atomic E-state index is 15.1. The van der Waals surface area contributed by atoms with Gasteiger partial charge in [0.15, 0.2) is 12.2 Å². The molecule has 7 nitrogen and oxygen atoms in total. The number of carboxylic acid groups (broad SMARTS) is 1. The van der Waals surface area contributed by atoms with E-state index < -0.39 is 34.1 Å². The van der Waals surface area contributed by atoms with Gasteiger partial charge in [0.1, 0.15) is 0 Å². The maximum atomic E-state index is 15.1. The Morgan fingerprint density at radius 3 is 2.49 bits per heavy atom. The highest BCUT2D eigenvalue weighted by Crippen LogP contribution is 2.47. The molecule has 1 heterocycles. The number of nitrogens with zero attached hydrogens (tertiary/aromatic N) is 1. The van der Waals surface area contributed by atoms with Crippen LogP contribution in [0.1, 0.15) is 50.4 Å². The number of halogens is 2. The fourth-order valence-corrected chi connectivity index (χ4v) is 7.61. The van der Waals surface area contributed by atoms with E-state index in [1.165, 1.54) is 10.4 Å². The summed E-state index contributed by atoms with van der Waals surface area (Å²) in [4.78, 5) is 26.0. The van der Waals surface area contributed by atoms with Crippen molar-refractivity contribution in [3.63, 3.8) is 0 Å². The standard InChI is InChI=1S/C31H24BrFN2O5S/c32-21-5-3-6-22(16-21)41(39,40)35-14-13-18-11-12-19(15-20(18)17-35)29(31(37)38)34-30(36)26-10-4-9-25-27(26)23-7-1-2-8-24(23)28(25)33/h1-12,15-16,28-29H,13-14,17H2,(H,34,36)(H,37,38). The molecule has 1 aliphatic heterocycles. The predicted octanol–water partition coefficient (Wildman–Crippen LogP) is 5.79. The van der Waals surface area contributed by atoms with Crippen LogP contribution in [0.3, 0.4) is 0 Å². The lowest BCUT2D eigenvalue weighted by Crippen LogP contribution is -2.37. The van der Waals surface area contributed by atoms with E-state index in [1.54, 1.807) is 78.9 Å². The van der Waals surface area contributed by atoms with Crippen LogP contribution in [-0.2, 0) is 27.8 Å². The Bertz CT molecular complexity index is 1830. The molecule has 2 N–H and O–H groups in total. The number of carbonyl (C=O) groups excluding carboxylic acids is 1. The van der Waals surface area contributed by atoms with E-state index in [0.717, 1.165) is 5.56 Å². The molecule has 0 saturated carbocycles. The van der Waals surface area contributed by atoms with Crippen molar-refractivity contribution >= 4 is 37.8 Å². The second-order valence-corrected chi connectivity index (χ2v) is 12.9. The highest BCUT2D eigenvalue weighted by Gasteiger charge is 2.34. The second kappa shape index (κ2) is 10.5. The van der Waals surface area contributed by atoms with Gasteiger partial charge in [0, 0.05) is 28.7 Å². The van der Waals surface area contributed by atoms with Crippen molar-refractivity contribution in [2.24, 2.45) is 0 Å². The number of nitrogens with one attached hydrogen (secondary N) is 1. The van der Waals surface area contributed by atoms with E-state index >= 15 is 4.39 Å². The molecule has 0 bridgehead atoms. The Morgan fingerprint density at radius 2 is 1.71 bits per heavy atom. The van der Waals surface area contributed by atoms with Crippen LogP contribution in [0.4, 0.5) is 4.39 Å². The molecule has 2 atom stereocenters. The average molecular weight is 636 g/mol. The van der Waals surface area contributed by atoms with Crippen LogP contribution >= 0.6 is 15.9 Å². The van der Waals surface area contributed by atoms with E-state index in [4.69, 9.17) is 0 Å². The minimum atomic E-state index is -3.78. The maximum Gasteiger partial charge on any atom is 0.330 e. The fourth-order valence-electron chi connectivity index (χ4n) is 5.59. The Morgan fingerprint density at radius 1 is 0.951 bits per heavy atom. The van der Waals surface area contributed by atoms with Gasteiger partial charge in [0.05, 0.1) is 4.90 Å². The zero-order valence-corrected chi connectivity index (χ0v) is 24.0. The molecule has 1 amide bonds. The van der Waals surface area contributed by atoms with E-state index in [1.807, 2.05) is 0 Å². The van der Waals surface area contributed by atoms with Gasteiger partial charge < -0.3 is 10.4 Å². The van der Waals surface area contributed by atoms with Crippen molar-refractivity contribution in [3.8, 4) is 11.1 Å². The van der Waals surface area contributed by atoms with E-state index in [2.05, 4.69) is 21.2 Å². The molecule has 0 radical (unpaired) electrons. The molecule has 2 aliphatic rings. The lowest BCUT2D eigenvalue weighted by molar-refractivity contribution is -0.139. The van der Waals surface area contributed by atoms with Gasteiger partial charge in [-0.3, -0.25) is 4.79 Å². The highest BCUT2D eigenvalue weighted by atomic mass is 79.9. The van der Waals surface area contributed by atoms with Gasteiger partial charge in [-0.25, -0.2) is 17.6 Å². The SMILES string of the molecule is O=C(NC(C(=O)O)c1ccc2c(c1)CN(S(=O)(=O)c1cccc(Br)c1)CC2)c1cccc2c1-c1ccccc1C2F. The van der Waals surface area contributed by atoms with Crippen LogP contribution in [0.15, 0.2) is 94.3 Å². The third-order valence-corrected chi connectivity index (χ3v) is 9.95. The largest absolute Gasteiger partial charge is 0.479 e. The summed E-state index contributed by atoms with van der Waals surface area (Å²) >= 11 is 3.32.